The van der Waals surface area contributed by atoms with Crippen molar-refractivity contribution in [2.75, 3.05) is 0 Å². The molecule has 1 atom stereocenters. The van der Waals surface area contributed by atoms with Gasteiger partial charge in [0.2, 0.25) is 0 Å². The molecule has 4 heteroatoms. The Kier molecular flexibility index (Phi) is 4.66. The lowest BCUT2D eigenvalue weighted by Crippen LogP contribution is -2.21. The first-order valence-electron chi connectivity index (χ1n) is 6.06. The van der Waals surface area contributed by atoms with E-state index in [1.54, 1.807) is 0 Å². The highest BCUT2D eigenvalue weighted by Gasteiger charge is 2.15. The number of nitrogens with one attached hydrogen (secondary N) is 1. The third kappa shape index (κ3) is 3.40. The molecule has 0 saturated heterocycles. The largest absolute Gasteiger partial charge is 0.411 e. The number of rotatable bonds is 5. The molecule has 0 saturated carbocycles. The van der Waals surface area contributed by atoms with Crippen molar-refractivity contribution in [2.24, 2.45) is 5.16 Å². The zero-order valence-corrected chi connectivity index (χ0v) is 10.4. The van der Waals surface area contributed by atoms with Gasteiger partial charge in [0, 0.05) is 6.42 Å². The van der Waals surface area contributed by atoms with Crippen molar-refractivity contribution in [3.8, 4) is 0 Å². The predicted octanol–water partition coefficient (Wildman–Crippen LogP) is 2.98. The molecule has 0 radical (unpaired) electrons. The molecule has 0 aliphatic carbocycles. The summed E-state index contributed by atoms with van der Waals surface area (Å²) < 4.78 is 0. The molecule has 2 aromatic carbocycles. The molecule has 2 rings (SSSR count). The smallest absolute Gasteiger partial charge is 0.0887 e. The highest BCUT2D eigenvalue weighted by atomic mass is 16.5. The molecule has 0 fully saturated rings. The summed E-state index contributed by atoms with van der Waals surface area (Å²) in [4.78, 5) is 0. The molecule has 0 bridgehead atoms. The summed E-state index contributed by atoms with van der Waals surface area (Å²) in [6.45, 7) is 0. The third-order valence-corrected chi connectivity index (χ3v) is 2.98. The number of hydrogen-bond donors (Lipinski definition) is 3. The quantitative estimate of drug-likeness (QED) is 0.438. The van der Waals surface area contributed by atoms with E-state index in [4.69, 9.17) is 5.21 Å². The fraction of sp³-hybridized carbons (Fsp3) is 0.133. The molecule has 0 heterocycles. The normalized spacial score (nSPS) is 13.2. The van der Waals surface area contributed by atoms with Crippen molar-refractivity contribution in [1.29, 1.82) is 0 Å². The van der Waals surface area contributed by atoms with Gasteiger partial charge in [-0.3, -0.25) is 0 Å². The van der Waals surface area contributed by atoms with E-state index in [9.17, 15) is 5.21 Å². The summed E-state index contributed by atoms with van der Waals surface area (Å²) in [7, 11) is 0. The lowest BCUT2D eigenvalue weighted by Gasteiger charge is -2.16. The molecule has 0 aromatic heterocycles. The zero-order valence-electron chi connectivity index (χ0n) is 10.4. The van der Waals surface area contributed by atoms with Gasteiger partial charge in [-0.25, -0.2) is 0 Å². The molecule has 19 heavy (non-hydrogen) atoms. The Hall–Kier alpha value is -2.17. The molecule has 2 aromatic rings. The van der Waals surface area contributed by atoms with E-state index in [1.807, 2.05) is 60.7 Å². The fourth-order valence-electron chi connectivity index (χ4n) is 1.96. The van der Waals surface area contributed by atoms with Gasteiger partial charge in [-0.2, -0.15) is 5.48 Å². The van der Waals surface area contributed by atoms with Gasteiger partial charge in [-0.1, -0.05) is 65.8 Å². The first-order valence-corrected chi connectivity index (χ1v) is 6.06. The Labute approximate surface area is 112 Å². The van der Waals surface area contributed by atoms with E-state index in [1.165, 1.54) is 0 Å². The fourth-order valence-corrected chi connectivity index (χ4v) is 1.96. The Morgan fingerprint density at radius 3 is 2.11 bits per heavy atom. The summed E-state index contributed by atoms with van der Waals surface area (Å²) in [5.41, 5.74) is 4.55. The van der Waals surface area contributed by atoms with Crippen LogP contribution in [-0.4, -0.2) is 16.1 Å². The molecule has 0 amide bonds. The second-order valence-electron chi connectivity index (χ2n) is 4.21. The van der Waals surface area contributed by atoms with Crippen molar-refractivity contribution in [3.63, 3.8) is 0 Å². The summed E-state index contributed by atoms with van der Waals surface area (Å²) >= 11 is 0. The van der Waals surface area contributed by atoms with E-state index >= 15 is 0 Å². The monoisotopic (exact) mass is 256 g/mol. The molecular weight excluding hydrogens is 240 g/mol. The molecule has 98 valence electrons. The van der Waals surface area contributed by atoms with Crippen molar-refractivity contribution in [3.05, 3.63) is 71.8 Å². The maximum Gasteiger partial charge on any atom is 0.0887 e. The average Bonchev–Trinajstić information content (AvgIpc) is 2.50. The van der Waals surface area contributed by atoms with Crippen LogP contribution in [0.5, 0.6) is 0 Å². The van der Waals surface area contributed by atoms with E-state index in [0.29, 0.717) is 12.1 Å². The Balaban J connectivity index is 2.18. The van der Waals surface area contributed by atoms with Crippen LogP contribution in [0.4, 0.5) is 0 Å². The van der Waals surface area contributed by atoms with Crippen molar-refractivity contribution < 1.29 is 10.4 Å². The van der Waals surface area contributed by atoms with E-state index in [0.717, 1.165) is 11.1 Å². The van der Waals surface area contributed by atoms with Crippen molar-refractivity contribution in [1.82, 2.24) is 5.48 Å². The van der Waals surface area contributed by atoms with E-state index < -0.39 is 0 Å². The topological polar surface area (TPSA) is 64.9 Å². The first kappa shape index (κ1) is 13.3. The van der Waals surface area contributed by atoms with Gasteiger partial charge in [-0.15, -0.1) is 0 Å². The maximum absolute atomic E-state index is 9.28. The van der Waals surface area contributed by atoms with Crippen molar-refractivity contribution in [2.45, 2.75) is 12.5 Å². The van der Waals surface area contributed by atoms with Crippen LogP contribution in [0.3, 0.4) is 0 Å². The minimum absolute atomic E-state index is 0.313. The number of hydroxylamine groups is 1. The lowest BCUT2D eigenvalue weighted by molar-refractivity contribution is 0.128. The first-order chi connectivity index (χ1) is 9.35. The number of nitrogens with zero attached hydrogens (tertiary/aromatic N) is 1. The molecular formula is C15H16N2O2. The summed E-state index contributed by atoms with van der Waals surface area (Å²) in [5, 5.41) is 21.8. The van der Waals surface area contributed by atoms with Crippen LogP contribution >= 0.6 is 0 Å². The van der Waals surface area contributed by atoms with Crippen LogP contribution in [0.15, 0.2) is 65.8 Å². The average molecular weight is 256 g/mol. The van der Waals surface area contributed by atoms with Gasteiger partial charge in [0.15, 0.2) is 0 Å². The highest BCUT2D eigenvalue weighted by molar-refractivity contribution is 6.00. The summed E-state index contributed by atoms with van der Waals surface area (Å²) in [6, 6.07) is 18.6. The molecule has 3 N–H and O–H groups in total. The number of hydrogen-bond acceptors (Lipinski definition) is 4. The SMILES string of the molecule is O/N=C(/CC(NO)c1ccccc1)c1ccccc1. The molecule has 4 nitrogen and oxygen atoms in total. The van der Waals surface area contributed by atoms with Gasteiger partial charge in [0.05, 0.1) is 11.8 Å². The standard InChI is InChI=1S/C15H16N2O2/c18-16-14(12-7-3-1-4-8-12)11-15(17-19)13-9-5-2-6-10-13/h1-10,14,16,18-19H,11H2/b17-15-. The third-order valence-electron chi connectivity index (χ3n) is 2.98. The second-order valence-corrected chi connectivity index (χ2v) is 4.21. The van der Waals surface area contributed by atoms with Gasteiger partial charge in [0.25, 0.3) is 0 Å². The second kappa shape index (κ2) is 6.68. The highest BCUT2D eigenvalue weighted by Crippen LogP contribution is 2.19. The van der Waals surface area contributed by atoms with Crippen LogP contribution in [0.2, 0.25) is 0 Å². The molecule has 0 spiro atoms. The minimum atomic E-state index is -0.313. The molecule has 1 unspecified atom stereocenters. The molecule has 0 aliphatic heterocycles. The predicted molar refractivity (Wildman–Crippen MR) is 73.5 cm³/mol. The van der Waals surface area contributed by atoms with Gasteiger partial charge < -0.3 is 10.4 Å². The van der Waals surface area contributed by atoms with Gasteiger partial charge >= 0.3 is 0 Å². The Morgan fingerprint density at radius 1 is 1.00 bits per heavy atom. The van der Waals surface area contributed by atoms with Crippen LogP contribution in [0.1, 0.15) is 23.6 Å². The summed E-state index contributed by atoms with van der Waals surface area (Å²) in [5.74, 6) is 0. The number of benzene rings is 2. The van der Waals surface area contributed by atoms with Crippen LogP contribution < -0.4 is 5.48 Å². The van der Waals surface area contributed by atoms with E-state index in [2.05, 4.69) is 10.6 Å². The number of oxime groups is 1. The van der Waals surface area contributed by atoms with Gasteiger partial charge in [-0.05, 0) is 11.1 Å². The summed E-state index contributed by atoms with van der Waals surface area (Å²) in [6.07, 6.45) is 0.390. The zero-order chi connectivity index (χ0) is 13.5. The van der Waals surface area contributed by atoms with Crippen LogP contribution in [0.25, 0.3) is 0 Å². The van der Waals surface area contributed by atoms with Gasteiger partial charge in [0.1, 0.15) is 0 Å². The van der Waals surface area contributed by atoms with Crippen LogP contribution in [-0.2, 0) is 0 Å². The Bertz CT molecular complexity index is 526. The maximum atomic E-state index is 9.28. The Morgan fingerprint density at radius 2 is 1.58 bits per heavy atom. The van der Waals surface area contributed by atoms with E-state index in [-0.39, 0.29) is 6.04 Å². The lowest BCUT2D eigenvalue weighted by atomic mass is 9.98. The molecule has 0 aliphatic rings. The van der Waals surface area contributed by atoms with Crippen LogP contribution in [0, 0.1) is 0 Å². The minimum Gasteiger partial charge on any atom is -0.411 e. The van der Waals surface area contributed by atoms with Crippen molar-refractivity contribution >= 4 is 5.71 Å².